The quantitative estimate of drug-likeness (QED) is 0.720. The number of nitrogens with zero attached hydrogens (tertiary/aromatic N) is 4. The maximum Gasteiger partial charge on any atom is 0.196 e. The van der Waals surface area contributed by atoms with E-state index in [0.29, 0.717) is 11.6 Å². The van der Waals surface area contributed by atoms with Crippen molar-refractivity contribution in [2.45, 2.75) is 0 Å². The highest BCUT2D eigenvalue weighted by atomic mass is 15.0. The van der Waals surface area contributed by atoms with Gasteiger partial charge in [0.2, 0.25) is 0 Å². The largest absolute Gasteiger partial charge is 0.342 e. The second-order valence-electron chi connectivity index (χ2n) is 3.42. The van der Waals surface area contributed by atoms with Crippen LogP contribution in [0.3, 0.4) is 0 Å². The van der Waals surface area contributed by atoms with Gasteiger partial charge in [-0.2, -0.15) is 0 Å². The Morgan fingerprint density at radius 3 is 2.59 bits per heavy atom. The highest BCUT2D eigenvalue weighted by Gasteiger charge is 2.06. The Hall–Kier alpha value is -2.56. The molecule has 0 aliphatic carbocycles. The standard InChI is InChI=1S/C12H9N5/c1-2-5-13-9(3-1)10-4-6-14-12(17-10)11-15-7-8-16-11/h1-8H,(H,15,16). The van der Waals surface area contributed by atoms with Gasteiger partial charge >= 0.3 is 0 Å². The van der Waals surface area contributed by atoms with Crippen molar-refractivity contribution in [3.63, 3.8) is 0 Å². The van der Waals surface area contributed by atoms with Crippen LogP contribution < -0.4 is 0 Å². The van der Waals surface area contributed by atoms with Gasteiger partial charge in [0, 0.05) is 24.8 Å². The first kappa shape index (κ1) is 9.65. The molecule has 1 N–H and O–H groups in total. The average Bonchev–Trinajstić information content (AvgIpc) is 2.94. The van der Waals surface area contributed by atoms with Crippen LogP contribution in [0.25, 0.3) is 23.0 Å². The van der Waals surface area contributed by atoms with E-state index in [9.17, 15) is 0 Å². The molecule has 0 aliphatic heterocycles. The highest BCUT2D eigenvalue weighted by molar-refractivity contribution is 5.56. The topological polar surface area (TPSA) is 67.3 Å². The summed E-state index contributed by atoms with van der Waals surface area (Å²) in [6.07, 6.45) is 6.86. The van der Waals surface area contributed by atoms with Gasteiger partial charge in [-0.05, 0) is 18.2 Å². The van der Waals surface area contributed by atoms with E-state index in [2.05, 4.69) is 24.9 Å². The van der Waals surface area contributed by atoms with E-state index in [4.69, 9.17) is 0 Å². The van der Waals surface area contributed by atoms with E-state index < -0.39 is 0 Å². The zero-order chi connectivity index (χ0) is 11.5. The fourth-order valence-electron chi connectivity index (χ4n) is 1.52. The Morgan fingerprint density at radius 1 is 0.824 bits per heavy atom. The first-order chi connectivity index (χ1) is 8.43. The van der Waals surface area contributed by atoms with E-state index in [1.807, 2.05) is 24.3 Å². The molecule has 0 saturated carbocycles. The van der Waals surface area contributed by atoms with E-state index in [1.54, 1.807) is 24.8 Å². The van der Waals surface area contributed by atoms with Crippen LogP contribution >= 0.6 is 0 Å². The Balaban J connectivity index is 2.06. The first-order valence-electron chi connectivity index (χ1n) is 5.18. The summed E-state index contributed by atoms with van der Waals surface area (Å²) in [6, 6.07) is 7.54. The number of pyridine rings is 1. The van der Waals surface area contributed by atoms with Crippen molar-refractivity contribution in [1.29, 1.82) is 0 Å². The summed E-state index contributed by atoms with van der Waals surface area (Å²) >= 11 is 0. The summed E-state index contributed by atoms with van der Waals surface area (Å²) < 4.78 is 0. The fourth-order valence-corrected chi connectivity index (χ4v) is 1.52. The fraction of sp³-hybridized carbons (Fsp3) is 0. The maximum absolute atomic E-state index is 4.42. The normalized spacial score (nSPS) is 10.4. The Bertz CT molecular complexity index is 604. The van der Waals surface area contributed by atoms with Crippen LogP contribution in [0.1, 0.15) is 0 Å². The van der Waals surface area contributed by atoms with Crippen molar-refractivity contribution in [1.82, 2.24) is 24.9 Å². The van der Waals surface area contributed by atoms with Crippen LogP contribution in [0.5, 0.6) is 0 Å². The predicted octanol–water partition coefficient (Wildman–Crippen LogP) is 1.93. The summed E-state index contributed by atoms with van der Waals surface area (Å²) in [5.41, 5.74) is 1.61. The lowest BCUT2D eigenvalue weighted by Gasteiger charge is -2.00. The molecule has 0 radical (unpaired) electrons. The molecule has 5 heteroatoms. The number of aromatic nitrogens is 5. The summed E-state index contributed by atoms with van der Waals surface area (Å²) in [7, 11) is 0. The molecule has 0 amide bonds. The van der Waals surface area contributed by atoms with E-state index in [1.165, 1.54) is 0 Å². The minimum absolute atomic E-state index is 0.568. The molecule has 3 rings (SSSR count). The van der Waals surface area contributed by atoms with Crippen LogP contribution in [0, 0.1) is 0 Å². The van der Waals surface area contributed by atoms with Crippen molar-refractivity contribution in [3.05, 3.63) is 49.1 Å². The number of rotatable bonds is 2. The highest BCUT2D eigenvalue weighted by Crippen LogP contribution is 2.15. The smallest absolute Gasteiger partial charge is 0.196 e. The van der Waals surface area contributed by atoms with Gasteiger partial charge in [-0.25, -0.2) is 15.0 Å². The molecule has 3 heterocycles. The lowest BCUT2D eigenvalue weighted by Crippen LogP contribution is -1.93. The average molecular weight is 223 g/mol. The van der Waals surface area contributed by atoms with Crippen LogP contribution in [0.2, 0.25) is 0 Å². The molecule has 3 aromatic heterocycles. The number of imidazole rings is 1. The van der Waals surface area contributed by atoms with Crippen molar-refractivity contribution in [2.24, 2.45) is 0 Å². The van der Waals surface area contributed by atoms with Gasteiger partial charge in [0.1, 0.15) is 0 Å². The first-order valence-corrected chi connectivity index (χ1v) is 5.18. The SMILES string of the molecule is c1ccc(-c2ccnc(-c3ncc[nH]3)n2)nc1. The number of aromatic amines is 1. The molecule has 0 atom stereocenters. The number of H-pyrrole nitrogens is 1. The lowest BCUT2D eigenvalue weighted by molar-refractivity contribution is 1.11. The summed E-state index contributed by atoms with van der Waals surface area (Å²) in [5.74, 6) is 1.22. The van der Waals surface area contributed by atoms with Crippen LogP contribution in [-0.4, -0.2) is 24.9 Å². The monoisotopic (exact) mass is 223 g/mol. The molecule has 0 aromatic carbocycles. The van der Waals surface area contributed by atoms with Gasteiger partial charge in [-0.3, -0.25) is 4.98 Å². The van der Waals surface area contributed by atoms with Gasteiger partial charge in [0.15, 0.2) is 11.6 Å². The summed E-state index contributed by atoms with van der Waals surface area (Å²) in [4.78, 5) is 19.9. The summed E-state index contributed by atoms with van der Waals surface area (Å²) in [6.45, 7) is 0. The minimum Gasteiger partial charge on any atom is -0.342 e. The summed E-state index contributed by atoms with van der Waals surface area (Å²) in [5, 5.41) is 0. The third kappa shape index (κ3) is 1.90. The molecule has 0 aliphatic rings. The molecule has 17 heavy (non-hydrogen) atoms. The Morgan fingerprint density at radius 2 is 1.82 bits per heavy atom. The minimum atomic E-state index is 0.568. The zero-order valence-corrected chi connectivity index (χ0v) is 8.91. The van der Waals surface area contributed by atoms with E-state index in [-0.39, 0.29) is 0 Å². The van der Waals surface area contributed by atoms with Gasteiger partial charge in [0.05, 0.1) is 11.4 Å². The third-order valence-electron chi connectivity index (χ3n) is 2.29. The molecule has 5 nitrogen and oxygen atoms in total. The second kappa shape index (κ2) is 4.13. The van der Waals surface area contributed by atoms with Gasteiger partial charge in [-0.15, -0.1) is 0 Å². The molecule has 3 aromatic rings. The van der Waals surface area contributed by atoms with Gasteiger partial charge in [0.25, 0.3) is 0 Å². The maximum atomic E-state index is 4.42. The molecule has 0 bridgehead atoms. The Labute approximate surface area is 97.6 Å². The number of hydrogen-bond acceptors (Lipinski definition) is 4. The van der Waals surface area contributed by atoms with Gasteiger partial charge < -0.3 is 4.98 Å². The van der Waals surface area contributed by atoms with Crippen molar-refractivity contribution < 1.29 is 0 Å². The molecular weight excluding hydrogens is 214 g/mol. The van der Waals surface area contributed by atoms with Crippen LogP contribution in [0.15, 0.2) is 49.1 Å². The van der Waals surface area contributed by atoms with Crippen LogP contribution in [-0.2, 0) is 0 Å². The molecule has 0 fully saturated rings. The number of nitrogens with one attached hydrogen (secondary N) is 1. The molecule has 0 saturated heterocycles. The lowest BCUT2D eigenvalue weighted by atomic mass is 10.2. The molecule has 0 spiro atoms. The Kier molecular flexibility index (Phi) is 2.34. The predicted molar refractivity (Wildman–Crippen MR) is 62.8 cm³/mol. The van der Waals surface area contributed by atoms with Crippen LogP contribution in [0.4, 0.5) is 0 Å². The molecule has 0 unspecified atom stereocenters. The van der Waals surface area contributed by atoms with Gasteiger partial charge in [-0.1, -0.05) is 6.07 Å². The second-order valence-corrected chi connectivity index (χ2v) is 3.42. The van der Waals surface area contributed by atoms with E-state index in [0.717, 1.165) is 11.4 Å². The van der Waals surface area contributed by atoms with Crippen molar-refractivity contribution >= 4 is 0 Å². The zero-order valence-electron chi connectivity index (χ0n) is 8.91. The molecule has 82 valence electrons. The third-order valence-corrected chi connectivity index (χ3v) is 2.29. The van der Waals surface area contributed by atoms with E-state index >= 15 is 0 Å². The van der Waals surface area contributed by atoms with Crippen molar-refractivity contribution in [2.75, 3.05) is 0 Å². The van der Waals surface area contributed by atoms with Crippen molar-refractivity contribution in [3.8, 4) is 23.0 Å². The number of hydrogen-bond donors (Lipinski definition) is 1. The molecular formula is C12H9N5.